The van der Waals surface area contributed by atoms with Gasteiger partial charge in [-0.1, -0.05) is 43.0 Å². The fourth-order valence-corrected chi connectivity index (χ4v) is 2.30. The number of hydrogen-bond donors (Lipinski definition) is 0. The van der Waals surface area contributed by atoms with E-state index in [1.54, 1.807) is 0 Å². The quantitative estimate of drug-likeness (QED) is 0.639. The molecule has 0 fully saturated rings. The third-order valence-corrected chi connectivity index (χ3v) is 2.99. The predicted molar refractivity (Wildman–Crippen MR) is 66.8 cm³/mol. The molecule has 15 heavy (non-hydrogen) atoms. The molecule has 0 heteroatoms. The molecular formula is C15H12. The van der Waals surface area contributed by atoms with Gasteiger partial charge in [-0.2, -0.15) is 0 Å². The second-order valence-corrected chi connectivity index (χ2v) is 3.94. The second kappa shape index (κ2) is 3.09. The highest BCUT2D eigenvalue weighted by Crippen LogP contribution is 2.29. The Labute approximate surface area is 89.6 Å². The number of rotatable bonds is 1. The van der Waals surface area contributed by atoms with E-state index in [0.717, 1.165) is 6.42 Å². The maximum Gasteiger partial charge on any atom is -0.00759 e. The first-order valence-electron chi connectivity index (χ1n) is 5.23. The van der Waals surface area contributed by atoms with Crippen molar-refractivity contribution in [2.45, 2.75) is 6.42 Å². The zero-order valence-electron chi connectivity index (χ0n) is 8.53. The van der Waals surface area contributed by atoms with Gasteiger partial charge in [-0.05, 0) is 46.0 Å². The van der Waals surface area contributed by atoms with Crippen molar-refractivity contribution in [1.29, 1.82) is 0 Å². The second-order valence-electron chi connectivity index (χ2n) is 3.94. The lowest BCUT2D eigenvalue weighted by molar-refractivity contribution is 1.29. The van der Waals surface area contributed by atoms with E-state index in [0.29, 0.717) is 0 Å². The van der Waals surface area contributed by atoms with E-state index >= 15 is 0 Å². The van der Waals surface area contributed by atoms with Crippen LogP contribution in [0.2, 0.25) is 0 Å². The van der Waals surface area contributed by atoms with Gasteiger partial charge in [-0.25, -0.2) is 0 Å². The van der Waals surface area contributed by atoms with Crippen molar-refractivity contribution in [3.8, 4) is 0 Å². The molecule has 0 atom stereocenters. The molecule has 2 aromatic carbocycles. The number of hydrogen-bond acceptors (Lipinski definition) is 0. The van der Waals surface area contributed by atoms with E-state index in [1.165, 1.54) is 27.5 Å². The molecule has 0 spiro atoms. The maximum atomic E-state index is 3.83. The lowest BCUT2D eigenvalue weighted by Gasteiger charge is -2.13. The monoisotopic (exact) mass is 192 g/mol. The third-order valence-electron chi connectivity index (χ3n) is 2.99. The Hall–Kier alpha value is -1.82. The van der Waals surface area contributed by atoms with Gasteiger partial charge < -0.3 is 0 Å². The van der Waals surface area contributed by atoms with Crippen molar-refractivity contribution in [3.63, 3.8) is 0 Å². The summed E-state index contributed by atoms with van der Waals surface area (Å²) in [6, 6.07) is 10.9. The maximum absolute atomic E-state index is 3.83. The SMILES string of the molecule is C=Cc1cc2c3c(cccc3c1)CC=C2. The highest BCUT2D eigenvalue weighted by atomic mass is 14.1. The molecule has 0 aromatic heterocycles. The molecule has 1 aliphatic rings. The van der Waals surface area contributed by atoms with Gasteiger partial charge in [0.15, 0.2) is 0 Å². The Kier molecular flexibility index (Phi) is 1.75. The molecule has 0 aliphatic heterocycles. The molecule has 0 unspecified atom stereocenters. The molecule has 0 amide bonds. The first-order chi connectivity index (χ1) is 7.38. The summed E-state index contributed by atoms with van der Waals surface area (Å²) in [5.41, 5.74) is 3.95. The van der Waals surface area contributed by atoms with E-state index in [9.17, 15) is 0 Å². The van der Waals surface area contributed by atoms with Crippen LogP contribution >= 0.6 is 0 Å². The molecule has 0 saturated heterocycles. The van der Waals surface area contributed by atoms with Gasteiger partial charge in [0.2, 0.25) is 0 Å². The van der Waals surface area contributed by atoms with Crippen molar-refractivity contribution in [1.82, 2.24) is 0 Å². The summed E-state index contributed by atoms with van der Waals surface area (Å²) in [4.78, 5) is 0. The molecule has 72 valence electrons. The summed E-state index contributed by atoms with van der Waals surface area (Å²) in [5.74, 6) is 0. The zero-order valence-corrected chi connectivity index (χ0v) is 8.53. The average Bonchev–Trinajstić information content (AvgIpc) is 2.29. The highest BCUT2D eigenvalue weighted by Gasteiger charge is 2.08. The van der Waals surface area contributed by atoms with Gasteiger partial charge in [0, 0.05) is 0 Å². The third kappa shape index (κ3) is 1.22. The summed E-state index contributed by atoms with van der Waals surface area (Å²) < 4.78 is 0. The van der Waals surface area contributed by atoms with Crippen LogP contribution in [0.5, 0.6) is 0 Å². The minimum absolute atomic E-state index is 1.05. The molecule has 3 rings (SSSR count). The van der Waals surface area contributed by atoms with Gasteiger partial charge >= 0.3 is 0 Å². The van der Waals surface area contributed by atoms with Crippen LogP contribution in [0.4, 0.5) is 0 Å². The minimum Gasteiger partial charge on any atom is -0.0985 e. The first-order valence-corrected chi connectivity index (χ1v) is 5.23. The topological polar surface area (TPSA) is 0 Å². The van der Waals surface area contributed by atoms with Crippen molar-refractivity contribution in [2.75, 3.05) is 0 Å². The van der Waals surface area contributed by atoms with Crippen LogP contribution in [0.25, 0.3) is 22.9 Å². The van der Waals surface area contributed by atoms with Crippen LogP contribution in [0, 0.1) is 0 Å². The summed E-state index contributed by atoms with van der Waals surface area (Å²) in [6.45, 7) is 3.83. The van der Waals surface area contributed by atoms with Crippen molar-refractivity contribution in [2.24, 2.45) is 0 Å². The van der Waals surface area contributed by atoms with E-state index in [-0.39, 0.29) is 0 Å². The van der Waals surface area contributed by atoms with E-state index in [4.69, 9.17) is 0 Å². The van der Waals surface area contributed by atoms with Crippen molar-refractivity contribution < 1.29 is 0 Å². The normalized spacial score (nSPS) is 13.1. The number of benzene rings is 2. The van der Waals surface area contributed by atoms with E-state index < -0.39 is 0 Å². The Morgan fingerprint density at radius 1 is 1.20 bits per heavy atom. The Balaban J connectivity index is 2.48. The van der Waals surface area contributed by atoms with Gasteiger partial charge in [0.05, 0.1) is 0 Å². The molecular weight excluding hydrogens is 180 g/mol. The van der Waals surface area contributed by atoms with Gasteiger partial charge in [0.25, 0.3) is 0 Å². The fraction of sp³-hybridized carbons (Fsp3) is 0.0667. The minimum atomic E-state index is 1.05. The Bertz CT molecular complexity index is 574. The van der Waals surface area contributed by atoms with E-state index in [2.05, 4.69) is 49.1 Å². The predicted octanol–water partition coefficient (Wildman–Crippen LogP) is 4.05. The summed E-state index contributed by atoms with van der Waals surface area (Å²) in [6.07, 6.45) is 7.40. The molecule has 0 saturated carbocycles. The van der Waals surface area contributed by atoms with Gasteiger partial charge in [-0.15, -0.1) is 0 Å². The smallest absolute Gasteiger partial charge is 0.00759 e. The van der Waals surface area contributed by atoms with Crippen LogP contribution < -0.4 is 0 Å². The summed E-state index contributed by atoms with van der Waals surface area (Å²) in [7, 11) is 0. The fourth-order valence-electron chi connectivity index (χ4n) is 2.30. The van der Waals surface area contributed by atoms with Gasteiger partial charge in [-0.3, -0.25) is 0 Å². The van der Waals surface area contributed by atoms with E-state index in [1.807, 2.05) is 6.08 Å². The van der Waals surface area contributed by atoms with Crippen molar-refractivity contribution >= 4 is 22.9 Å². The zero-order chi connectivity index (χ0) is 10.3. The molecule has 2 aromatic rings. The largest absolute Gasteiger partial charge is 0.0985 e. The molecule has 0 nitrogen and oxygen atoms in total. The molecule has 0 bridgehead atoms. The van der Waals surface area contributed by atoms with Crippen molar-refractivity contribution in [3.05, 3.63) is 59.7 Å². The van der Waals surface area contributed by atoms with Gasteiger partial charge in [0.1, 0.15) is 0 Å². The lowest BCUT2D eigenvalue weighted by Crippen LogP contribution is -1.93. The van der Waals surface area contributed by atoms with Crippen LogP contribution in [-0.2, 0) is 6.42 Å². The summed E-state index contributed by atoms with van der Waals surface area (Å²) in [5, 5.41) is 2.73. The highest BCUT2D eigenvalue weighted by molar-refractivity contribution is 5.96. The molecule has 0 N–H and O–H groups in total. The molecule has 0 radical (unpaired) electrons. The Morgan fingerprint density at radius 3 is 3.00 bits per heavy atom. The van der Waals surface area contributed by atoms with Crippen LogP contribution in [-0.4, -0.2) is 0 Å². The lowest BCUT2D eigenvalue weighted by atomic mass is 9.91. The Morgan fingerprint density at radius 2 is 2.13 bits per heavy atom. The first kappa shape index (κ1) is 8.49. The van der Waals surface area contributed by atoms with Crippen LogP contribution in [0.3, 0.4) is 0 Å². The average molecular weight is 192 g/mol. The van der Waals surface area contributed by atoms with Crippen LogP contribution in [0.15, 0.2) is 43.0 Å². The summed E-state index contributed by atoms with van der Waals surface area (Å²) >= 11 is 0. The van der Waals surface area contributed by atoms with Crippen LogP contribution in [0.1, 0.15) is 16.7 Å². The molecule has 1 aliphatic carbocycles. The molecule has 0 heterocycles. The standard InChI is InChI=1S/C15H12/c1-2-11-9-13-7-3-5-12-6-4-8-14(10-11)15(12)13/h2-5,7-10H,1,6H2. The number of allylic oxidation sites excluding steroid dienone is 1.